The fraction of sp³-hybridized carbons (Fsp3) is 0.529. The zero-order valence-corrected chi connectivity index (χ0v) is 13.5. The number of ether oxygens (including phenoxy) is 2. The molecule has 2 amide bonds. The summed E-state index contributed by atoms with van der Waals surface area (Å²) in [5.74, 6) is 0.0162. The van der Waals surface area contributed by atoms with E-state index in [9.17, 15) is 9.59 Å². The Morgan fingerprint density at radius 2 is 1.79 bits per heavy atom. The first kappa shape index (κ1) is 15.3. The van der Waals surface area contributed by atoms with Gasteiger partial charge in [0, 0.05) is 44.0 Å². The van der Waals surface area contributed by atoms with Gasteiger partial charge in [0.05, 0.1) is 19.3 Å². The SMILES string of the molecule is O=C(c1ccc(N2CCOCC2)cc1)N1CCN2C(=O)OC[C@H]2C1. The third kappa shape index (κ3) is 2.80. The van der Waals surface area contributed by atoms with Crippen LogP contribution in [-0.2, 0) is 9.47 Å². The van der Waals surface area contributed by atoms with Crippen molar-refractivity contribution in [3.05, 3.63) is 29.8 Å². The summed E-state index contributed by atoms with van der Waals surface area (Å²) in [6, 6.07) is 7.75. The molecule has 0 spiro atoms. The summed E-state index contributed by atoms with van der Waals surface area (Å²) in [7, 11) is 0. The highest BCUT2D eigenvalue weighted by Gasteiger charge is 2.38. The molecule has 1 atom stereocenters. The second kappa shape index (κ2) is 6.32. The van der Waals surface area contributed by atoms with Gasteiger partial charge in [-0.2, -0.15) is 0 Å². The number of nitrogens with zero attached hydrogens (tertiary/aromatic N) is 3. The molecular weight excluding hydrogens is 310 g/mol. The minimum Gasteiger partial charge on any atom is -0.447 e. The van der Waals surface area contributed by atoms with Crippen LogP contribution in [0.1, 0.15) is 10.4 Å². The van der Waals surface area contributed by atoms with Crippen LogP contribution in [0.15, 0.2) is 24.3 Å². The highest BCUT2D eigenvalue weighted by Crippen LogP contribution is 2.21. The monoisotopic (exact) mass is 331 g/mol. The first-order valence-corrected chi connectivity index (χ1v) is 8.38. The van der Waals surface area contributed by atoms with Crippen molar-refractivity contribution in [3.8, 4) is 0 Å². The van der Waals surface area contributed by atoms with Crippen LogP contribution in [0.25, 0.3) is 0 Å². The number of hydrogen-bond donors (Lipinski definition) is 0. The average Bonchev–Trinajstić information content (AvgIpc) is 3.02. The summed E-state index contributed by atoms with van der Waals surface area (Å²) >= 11 is 0. The van der Waals surface area contributed by atoms with Crippen LogP contribution in [0, 0.1) is 0 Å². The molecule has 0 N–H and O–H groups in total. The zero-order valence-electron chi connectivity index (χ0n) is 13.5. The smallest absolute Gasteiger partial charge is 0.410 e. The molecule has 7 nitrogen and oxygen atoms in total. The minimum absolute atomic E-state index is 0.0113. The largest absolute Gasteiger partial charge is 0.447 e. The predicted octanol–water partition coefficient (Wildman–Crippen LogP) is 0.800. The highest BCUT2D eigenvalue weighted by atomic mass is 16.6. The van der Waals surface area contributed by atoms with Crippen LogP contribution in [0.4, 0.5) is 10.5 Å². The van der Waals surface area contributed by atoms with Crippen molar-refractivity contribution in [3.63, 3.8) is 0 Å². The van der Waals surface area contributed by atoms with Gasteiger partial charge in [-0.3, -0.25) is 9.69 Å². The van der Waals surface area contributed by atoms with Crippen LogP contribution in [-0.4, -0.2) is 80.4 Å². The molecule has 3 saturated heterocycles. The number of hydrogen-bond acceptors (Lipinski definition) is 5. The number of rotatable bonds is 2. The molecule has 0 bridgehead atoms. The molecule has 4 rings (SSSR count). The Balaban J connectivity index is 1.42. The summed E-state index contributed by atoms with van der Waals surface area (Å²) in [5.41, 5.74) is 1.81. The molecular formula is C17H21N3O4. The van der Waals surface area contributed by atoms with Crippen molar-refractivity contribution in [1.29, 1.82) is 0 Å². The first-order valence-electron chi connectivity index (χ1n) is 8.38. The van der Waals surface area contributed by atoms with E-state index >= 15 is 0 Å². The number of anilines is 1. The van der Waals surface area contributed by atoms with E-state index in [4.69, 9.17) is 9.47 Å². The molecule has 3 fully saturated rings. The Kier molecular flexibility index (Phi) is 4.02. The minimum atomic E-state index is -0.262. The summed E-state index contributed by atoms with van der Waals surface area (Å²) < 4.78 is 10.4. The molecule has 3 heterocycles. The maximum Gasteiger partial charge on any atom is 0.410 e. The quantitative estimate of drug-likeness (QED) is 0.802. The molecule has 0 aromatic heterocycles. The number of fused-ring (bicyclic) bond motifs is 1. The van der Waals surface area contributed by atoms with Gasteiger partial charge < -0.3 is 19.3 Å². The van der Waals surface area contributed by atoms with Gasteiger partial charge in [0.25, 0.3) is 5.91 Å². The molecule has 0 aliphatic carbocycles. The lowest BCUT2D eigenvalue weighted by Crippen LogP contribution is -2.53. The van der Waals surface area contributed by atoms with Crippen molar-refractivity contribution in [2.24, 2.45) is 0 Å². The van der Waals surface area contributed by atoms with Crippen LogP contribution in [0.2, 0.25) is 0 Å². The predicted molar refractivity (Wildman–Crippen MR) is 87.2 cm³/mol. The number of cyclic esters (lactones) is 1. The van der Waals surface area contributed by atoms with Gasteiger partial charge in [-0.05, 0) is 24.3 Å². The fourth-order valence-corrected chi connectivity index (χ4v) is 3.49. The summed E-state index contributed by atoms with van der Waals surface area (Å²) in [4.78, 5) is 30.0. The van der Waals surface area contributed by atoms with E-state index in [2.05, 4.69) is 4.90 Å². The molecule has 1 aromatic carbocycles. The van der Waals surface area contributed by atoms with Crippen LogP contribution < -0.4 is 4.90 Å². The average molecular weight is 331 g/mol. The number of amides is 2. The number of piperazine rings is 1. The molecule has 3 aliphatic rings. The van der Waals surface area contributed by atoms with Gasteiger partial charge in [0.2, 0.25) is 0 Å². The van der Waals surface area contributed by atoms with Gasteiger partial charge in [0.15, 0.2) is 0 Å². The molecule has 7 heteroatoms. The van der Waals surface area contributed by atoms with E-state index in [1.165, 1.54) is 0 Å². The van der Waals surface area contributed by atoms with Gasteiger partial charge in [-0.25, -0.2) is 4.79 Å². The molecule has 0 saturated carbocycles. The van der Waals surface area contributed by atoms with Crippen molar-refractivity contribution < 1.29 is 19.1 Å². The lowest BCUT2D eigenvalue weighted by molar-refractivity contribution is 0.0617. The third-order valence-corrected chi connectivity index (χ3v) is 4.89. The van der Waals surface area contributed by atoms with E-state index in [1.807, 2.05) is 29.2 Å². The van der Waals surface area contributed by atoms with E-state index in [0.717, 1.165) is 32.0 Å². The summed E-state index contributed by atoms with van der Waals surface area (Å²) in [6.45, 7) is 5.25. The number of morpholine rings is 1. The molecule has 128 valence electrons. The lowest BCUT2D eigenvalue weighted by Gasteiger charge is -2.35. The van der Waals surface area contributed by atoms with Gasteiger partial charge in [0.1, 0.15) is 6.61 Å². The number of carbonyl (C=O) groups excluding carboxylic acids is 2. The summed E-state index contributed by atoms with van der Waals surface area (Å²) in [5, 5.41) is 0. The van der Waals surface area contributed by atoms with Crippen LogP contribution in [0.3, 0.4) is 0 Å². The highest BCUT2D eigenvalue weighted by molar-refractivity contribution is 5.94. The van der Waals surface area contributed by atoms with E-state index in [0.29, 0.717) is 31.8 Å². The van der Waals surface area contributed by atoms with E-state index in [-0.39, 0.29) is 18.0 Å². The standard InChI is InChI=1S/C17H21N3O4/c21-16(19-5-6-20-15(11-19)12-24-17(20)22)13-1-3-14(4-2-13)18-7-9-23-10-8-18/h1-4,15H,5-12H2/t15-/m1/s1. The maximum atomic E-state index is 12.7. The molecule has 24 heavy (non-hydrogen) atoms. The van der Waals surface area contributed by atoms with Gasteiger partial charge in [-0.15, -0.1) is 0 Å². The second-order valence-corrected chi connectivity index (χ2v) is 6.32. The number of carbonyl (C=O) groups is 2. The Morgan fingerprint density at radius 1 is 1.04 bits per heavy atom. The summed E-state index contributed by atoms with van der Waals surface area (Å²) in [6.07, 6.45) is -0.262. The second-order valence-electron chi connectivity index (χ2n) is 6.32. The number of benzene rings is 1. The maximum absolute atomic E-state index is 12.7. The molecule has 0 unspecified atom stereocenters. The normalized spacial score (nSPS) is 23.9. The van der Waals surface area contributed by atoms with Crippen molar-refractivity contribution >= 4 is 17.7 Å². The Hall–Kier alpha value is -2.28. The van der Waals surface area contributed by atoms with Gasteiger partial charge in [-0.1, -0.05) is 0 Å². The van der Waals surface area contributed by atoms with Crippen molar-refractivity contribution in [1.82, 2.24) is 9.80 Å². The Labute approximate surface area is 140 Å². The lowest BCUT2D eigenvalue weighted by atomic mass is 10.1. The zero-order chi connectivity index (χ0) is 16.5. The first-order chi connectivity index (χ1) is 11.7. The van der Waals surface area contributed by atoms with Crippen LogP contribution in [0.5, 0.6) is 0 Å². The van der Waals surface area contributed by atoms with Gasteiger partial charge >= 0.3 is 6.09 Å². The Morgan fingerprint density at radius 3 is 2.54 bits per heavy atom. The van der Waals surface area contributed by atoms with E-state index in [1.54, 1.807) is 4.90 Å². The van der Waals surface area contributed by atoms with Crippen molar-refractivity contribution in [2.75, 3.05) is 57.4 Å². The van der Waals surface area contributed by atoms with Crippen molar-refractivity contribution in [2.45, 2.75) is 6.04 Å². The third-order valence-electron chi connectivity index (χ3n) is 4.89. The topological polar surface area (TPSA) is 62.3 Å². The molecule has 3 aliphatic heterocycles. The fourth-order valence-electron chi connectivity index (χ4n) is 3.49. The van der Waals surface area contributed by atoms with Crippen LogP contribution >= 0.6 is 0 Å². The molecule has 0 radical (unpaired) electrons. The van der Waals surface area contributed by atoms with E-state index < -0.39 is 0 Å². The molecule has 1 aromatic rings. The Bertz CT molecular complexity index is 627.